The van der Waals surface area contributed by atoms with Gasteiger partial charge in [0.05, 0.1) is 12.4 Å². The van der Waals surface area contributed by atoms with E-state index in [0.717, 1.165) is 18.9 Å². The molecule has 0 radical (unpaired) electrons. The Bertz CT molecular complexity index is 156. The molecule has 1 heterocycles. The van der Waals surface area contributed by atoms with Crippen molar-refractivity contribution < 1.29 is 4.74 Å². The molecule has 0 spiro atoms. The van der Waals surface area contributed by atoms with Crippen LogP contribution in [0.3, 0.4) is 0 Å². The Morgan fingerprint density at radius 3 is 2.67 bits per heavy atom. The minimum absolute atomic E-state index is 0.818. The first-order valence-electron chi connectivity index (χ1n) is 5.03. The molecular formula is C11H20O. The second kappa shape index (κ2) is 4.54. The molecule has 1 nitrogen and oxygen atoms in total. The van der Waals surface area contributed by atoms with Gasteiger partial charge in [0.15, 0.2) is 0 Å². The van der Waals surface area contributed by atoms with Crippen molar-refractivity contribution in [1.29, 1.82) is 0 Å². The number of allylic oxidation sites excluding steroid dienone is 2. The molecule has 70 valence electrons. The maximum absolute atomic E-state index is 5.68. The highest BCUT2D eigenvalue weighted by Gasteiger charge is 2.16. The van der Waals surface area contributed by atoms with Gasteiger partial charge in [-0.2, -0.15) is 0 Å². The van der Waals surface area contributed by atoms with Crippen molar-refractivity contribution in [1.82, 2.24) is 0 Å². The van der Waals surface area contributed by atoms with E-state index in [1.165, 1.54) is 30.6 Å². The van der Waals surface area contributed by atoms with E-state index >= 15 is 0 Å². The van der Waals surface area contributed by atoms with E-state index in [2.05, 4.69) is 20.8 Å². The Morgan fingerprint density at radius 2 is 2.25 bits per heavy atom. The molecule has 1 heteroatoms. The summed E-state index contributed by atoms with van der Waals surface area (Å²) < 4.78 is 5.68. The van der Waals surface area contributed by atoms with Gasteiger partial charge in [0.1, 0.15) is 0 Å². The average molecular weight is 168 g/mol. The van der Waals surface area contributed by atoms with E-state index in [0.29, 0.717) is 0 Å². The molecule has 0 aromatic rings. The summed E-state index contributed by atoms with van der Waals surface area (Å²) in [6.07, 6.45) is 5.11. The highest BCUT2D eigenvalue weighted by atomic mass is 16.5. The van der Waals surface area contributed by atoms with Gasteiger partial charge in [-0.15, -0.1) is 0 Å². The molecule has 1 fully saturated rings. The third kappa shape index (κ3) is 2.54. The Kier molecular flexibility index (Phi) is 3.64. The lowest BCUT2D eigenvalue weighted by atomic mass is 9.95. The van der Waals surface area contributed by atoms with Crippen LogP contribution in [0.25, 0.3) is 0 Å². The summed E-state index contributed by atoms with van der Waals surface area (Å²) in [6.45, 7) is 7.47. The van der Waals surface area contributed by atoms with E-state index in [-0.39, 0.29) is 0 Å². The van der Waals surface area contributed by atoms with Crippen LogP contribution in [-0.2, 0) is 4.74 Å². The Morgan fingerprint density at radius 1 is 1.50 bits per heavy atom. The molecule has 0 bridgehead atoms. The standard InChI is InChI=1S/C11H20O/c1-4-5-10-6-7-11(9(2)3)12-8-10/h10H,4-8H2,1-3H3. The Balaban J connectivity index is 2.35. The van der Waals surface area contributed by atoms with Gasteiger partial charge in [0, 0.05) is 6.42 Å². The SMILES string of the molecule is CCCC1CCC(=C(C)C)OC1. The monoisotopic (exact) mass is 168 g/mol. The van der Waals surface area contributed by atoms with Gasteiger partial charge < -0.3 is 4.74 Å². The summed E-state index contributed by atoms with van der Waals surface area (Å²) in [6, 6.07) is 0. The van der Waals surface area contributed by atoms with Crippen LogP contribution in [0.5, 0.6) is 0 Å². The normalized spacial score (nSPS) is 23.6. The number of ether oxygens (including phenoxy) is 1. The fourth-order valence-electron chi connectivity index (χ4n) is 1.74. The smallest absolute Gasteiger partial charge is 0.0946 e. The second-order valence-corrected chi connectivity index (χ2v) is 3.93. The van der Waals surface area contributed by atoms with Gasteiger partial charge in [-0.3, -0.25) is 0 Å². The molecule has 1 aliphatic heterocycles. The van der Waals surface area contributed by atoms with Crippen molar-refractivity contribution in [2.75, 3.05) is 6.61 Å². The zero-order valence-electron chi connectivity index (χ0n) is 8.52. The van der Waals surface area contributed by atoms with Crippen LogP contribution < -0.4 is 0 Å². The highest BCUT2D eigenvalue weighted by Crippen LogP contribution is 2.26. The van der Waals surface area contributed by atoms with Crippen LogP contribution in [0, 0.1) is 5.92 Å². The number of rotatable bonds is 2. The maximum atomic E-state index is 5.68. The first-order valence-corrected chi connectivity index (χ1v) is 5.03. The predicted molar refractivity (Wildman–Crippen MR) is 52.0 cm³/mol. The van der Waals surface area contributed by atoms with E-state index in [4.69, 9.17) is 4.74 Å². The predicted octanol–water partition coefficient (Wildman–Crippen LogP) is 3.51. The topological polar surface area (TPSA) is 9.23 Å². The maximum Gasteiger partial charge on any atom is 0.0946 e. The van der Waals surface area contributed by atoms with Crippen molar-refractivity contribution in [2.24, 2.45) is 5.92 Å². The number of hydrogen-bond acceptors (Lipinski definition) is 1. The van der Waals surface area contributed by atoms with Crippen LogP contribution >= 0.6 is 0 Å². The molecule has 0 aromatic heterocycles. The average Bonchev–Trinajstić information content (AvgIpc) is 2.06. The lowest BCUT2D eigenvalue weighted by Gasteiger charge is -2.25. The zero-order chi connectivity index (χ0) is 8.97. The van der Waals surface area contributed by atoms with Crippen LogP contribution in [0.1, 0.15) is 46.5 Å². The van der Waals surface area contributed by atoms with Gasteiger partial charge in [0.25, 0.3) is 0 Å². The van der Waals surface area contributed by atoms with Gasteiger partial charge in [-0.25, -0.2) is 0 Å². The summed E-state index contributed by atoms with van der Waals surface area (Å²) in [4.78, 5) is 0. The molecule has 0 saturated carbocycles. The molecule has 0 aromatic carbocycles. The third-order valence-electron chi connectivity index (χ3n) is 2.53. The van der Waals surface area contributed by atoms with E-state index in [1.807, 2.05) is 0 Å². The molecule has 1 unspecified atom stereocenters. The molecule has 1 aliphatic rings. The number of hydrogen-bond donors (Lipinski definition) is 0. The minimum atomic E-state index is 0.818. The quantitative estimate of drug-likeness (QED) is 0.613. The lowest BCUT2D eigenvalue weighted by Crippen LogP contribution is -2.16. The molecule has 12 heavy (non-hydrogen) atoms. The van der Waals surface area contributed by atoms with Crippen molar-refractivity contribution in [3.8, 4) is 0 Å². The summed E-state index contributed by atoms with van der Waals surface area (Å²) >= 11 is 0. The lowest BCUT2D eigenvalue weighted by molar-refractivity contribution is 0.107. The fraction of sp³-hybridized carbons (Fsp3) is 0.818. The van der Waals surface area contributed by atoms with Crippen molar-refractivity contribution in [3.05, 3.63) is 11.3 Å². The van der Waals surface area contributed by atoms with Gasteiger partial charge >= 0.3 is 0 Å². The first-order chi connectivity index (χ1) is 5.74. The molecule has 0 amide bonds. The Labute approximate surface area is 75.8 Å². The van der Waals surface area contributed by atoms with Gasteiger partial charge in [0.2, 0.25) is 0 Å². The van der Waals surface area contributed by atoms with Crippen LogP contribution in [0.4, 0.5) is 0 Å². The largest absolute Gasteiger partial charge is 0.498 e. The third-order valence-corrected chi connectivity index (χ3v) is 2.53. The van der Waals surface area contributed by atoms with Crippen LogP contribution in [0.2, 0.25) is 0 Å². The van der Waals surface area contributed by atoms with Gasteiger partial charge in [-0.1, -0.05) is 13.3 Å². The molecule has 1 saturated heterocycles. The summed E-state index contributed by atoms with van der Waals surface area (Å²) in [5, 5.41) is 0. The van der Waals surface area contributed by atoms with E-state index in [9.17, 15) is 0 Å². The summed E-state index contributed by atoms with van der Waals surface area (Å²) in [5.74, 6) is 2.06. The molecule has 0 aliphatic carbocycles. The minimum Gasteiger partial charge on any atom is -0.498 e. The summed E-state index contributed by atoms with van der Waals surface area (Å²) in [5.41, 5.74) is 1.35. The van der Waals surface area contributed by atoms with Crippen molar-refractivity contribution in [3.63, 3.8) is 0 Å². The fourth-order valence-corrected chi connectivity index (χ4v) is 1.74. The molecule has 0 N–H and O–H groups in total. The zero-order valence-corrected chi connectivity index (χ0v) is 8.52. The highest BCUT2D eigenvalue weighted by molar-refractivity contribution is 5.04. The Hall–Kier alpha value is -0.460. The van der Waals surface area contributed by atoms with Crippen molar-refractivity contribution in [2.45, 2.75) is 46.5 Å². The second-order valence-electron chi connectivity index (χ2n) is 3.93. The molecular weight excluding hydrogens is 148 g/mol. The molecule has 1 rings (SSSR count). The van der Waals surface area contributed by atoms with Crippen molar-refractivity contribution >= 4 is 0 Å². The first kappa shape index (κ1) is 9.63. The molecule has 1 atom stereocenters. The van der Waals surface area contributed by atoms with E-state index < -0.39 is 0 Å². The summed E-state index contributed by atoms with van der Waals surface area (Å²) in [7, 11) is 0. The van der Waals surface area contributed by atoms with Gasteiger partial charge in [-0.05, 0) is 38.2 Å². The van der Waals surface area contributed by atoms with E-state index in [1.54, 1.807) is 0 Å². The van der Waals surface area contributed by atoms with Crippen LogP contribution in [-0.4, -0.2) is 6.61 Å². The van der Waals surface area contributed by atoms with Crippen LogP contribution in [0.15, 0.2) is 11.3 Å².